The van der Waals surface area contributed by atoms with Crippen LogP contribution in [0.4, 0.5) is 0 Å². The van der Waals surface area contributed by atoms with Gasteiger partial charge in [0.2, 0.25) is 10.0 Å². The standard InChI is InChI=1S/C12H26N2O2S.ClH/c1-3-4-11(2)10-17(15,16)14-8-6-12-5-7-13-9-12;/h11-14H,3-10H2,1-2H3;1H. The summed E-state index contributed by atoms with van der Waals surface area (Å²) >= 11 is 0. The minimum absolute atomic E-state index is 0. The molecule has 0 aliphatic carbocycles. The molecule has 1 saturated heterocycles. The molecule has 0 radical (unpaired) electrons. The van der Waals surface area contributed by atoms with Crippen LogP contribution in [0.15, 0.2) is 0 Å². The molecule has 0 aromatic carbocycles. The zero-order chi connectivity index (χ0) is 12.7. The summed E-state index contributed by atoms with van der Waals surface area (Å²) in [4.78, 5) is 0. The van der Waals surface area contributed by atoms with E-state index in [4.69, 9.17) is 0 Å². The van der Waals surface area contributed by atoms with E-state index in [0.29, 0.717) is 12.5 Å². The predicted octanol–water partition coefficient (Wildman–Crippen LogP) is 1.76. The van der Waals surface area contributed by atoms with Crippen molar-refractivity contribution in [3.63, 3.8) is 0 Å². The Morgan fingerprint density at radius 3 is 2.72 bits per heavy atom. The zero-order valence-corrected chi connectivity index (χ0v) is 13.1. The van der Waals surface area contributed by atoms with E-state index in [0.717, 1.165) is 32.4 Å². The minimum atomic E-state index is -3.07. The van der Waals surface area contributed by atoms with Crippen molar-refractivity contribution < 1.29 is 8.42 Å². The lowest BCUT2D eigenvalue weighted by atomic mass is 10.1. The molecule has 0 amide bonds. The van der Waals surface area contributed by atoms with Crippen LogP contribution in [0.1, 0.15) is 39.5 Å². The van der Waals surface area contributed by atoms with E-state index in [9.17, 15) is 8.42 Å². The van der Waals surface area contributed by atoms with Crippen molar-refractivity contribution in [2.75, 3.05) is 25.4 Å². The van der Waals surface area contributed by atoms with Gasteiger partial charge in [-0.05, 0) is 44.2 Å². The number of nitrogens with one attached hydrogen (secondary N) is 2. The van der Waals surface area contributed by atoms with E-state index >= 15 is 0 Å². The van der Waals surface area contributed by atoms with Crippen molar-refractivity contribution in [2.45, 2.75) is 39.5 Å². The first-order valence-electron chi connectivity index (χ1n) is 6.71. The van der Waals surface area contributed by atoms with Gasteiger partial charge in [-0.2, -0.15) is 0 Å². The normalized spacial score (nSPS) is 21.6. The second-order valence-corrected chi connectivity index (χ2v) is 7.07. The monoisotopic (exact) mass is 298 g/mol. The Bertz CT molecular complexity index is 303. The number of rotatable bonds is 8. The Kier molecular flexibility index (Phi) is 9.21. The number of hydrogen-bond donors (Lipinski definition) is 2. The van der Waals surface area contributed by atoms with Gasteiger partial charge in [-0.3, -0.25) is 0 Å². The fourth-order valence-corrected chi connectivity index (χ4v) is 3.85. The molecule has 18 heavy (non-hydrogen) atoms. The molecule has 1 aliphatic rings. The van der Waals surface area contributed by atoms with E-state index in [1.165, 1.54) is 6.42 Å². The Hall–Kier alpha value is 0.160. The largest absolute Gasteiger partial charge is 0.316 e. The highest BCUT2D eigenvalue weighted by Crippen LogP contribution is 2.12. The van der Waals surface area contributed by atoms with Gasteiger partial charge in [0.05, 0.1) is 5.75 Å². The first-order valence-corrected chi connectivity index (χ1v) is 8.36. The molecule has 2 atom stereocenters. The average Bonchev–Trinajstić information content (AvgIpc) is 2.69. The predicted molar refractivity (Wildman–Crippen MR) is 78.7 cm³/mol. The van der Waals surface area contributed by atoms with Crippen molar-refractivity contribution in [2.24, 2.45) is 11.8 Å². The van der Waals surface area contributed by atoms with Crippen molar-refractivity contribution in [3.05, 3.63) is 0 Å². The SMILES string of the molecule is CCCC(C)CS(=O)(=O)NCCC1CCNC1.Cl. The highest BCUT2D eigenvalue weighted by Gasteiger charge is 2.17. The number of sulfonamides is 1. The van der Waals surface area contributed by atoms with Crippen LogP contribution in [0.3, 0.4) is 0 Å². The third-order valence-corrected chi connectivity index (χ3v) is 4.97. The maximum Gasteiger partial charge on any atom is 0.211 e. The lowest BCUT2D eigenvalue weighted by Crippen LogP contribution is -2.31. The Morgan fingerprint density at radius 2 is 2.17 bits per heavy atom. The van der Waals surface area contributed by atoms with Gasteiger partial charge in [0, 0.05) is 6.54 Å². The number of hydrogen-bond acceptors (Lipinski definition) is 3. The van der Waals surface area contributed by atoms with Crippen LogP contribution in [0.25, 0.3) is 0 Å². The number of halogens is 1. The smallest absolute Gasteiger partial charge is 0.211 e. The molecule has 6 heteroatoms. The van der Waals surface area contributed by atoms with Crippen molar-refractivity contribution in [3.8, 4) is 0 Å². The molecule has 4 nitrogen and oxygen atoms in total. The maximum absolute atomic E-state index is 11.8. The molecule has 1 rings (SSSR count). The van der Waals surface area contributed by atoms with Crippen LogP contribution in [-0.4, -0.2) is 33.8 Å². The van der Waals surface area contributed by atoms with Crippen LogP contribution >= 0.6 is 12.4 Å². The van der Waals surface area contributed by atoms with E-state index < -0.39 is 10.0 Å². The van der Waals surface area contributed by atoms with Gasteiger partial charge in [-0.15, -0.1) is 12.4 Å². The van der Waals surface area contributed by atoms with Gasteiger partial charge in [0.15, 0.2) is 0 Å². The third-order valence-electron chi connectivity index (χ3n) is 3.32. The summed E-state index contributed by atoms with van der Waals surface area (Å²) in [6.07, 6.45) is 4.15. The van der Waals surface area contributed by atoms with Crippen LogP contribution in [0.2, 0.25) is 0 Å². The fourth-order valence-electron chi connectivity index (χ4n) is 2.39. The van der Waals surface area contributed by atoms with Crippen LogP contribution < -0.4 is 10.0 Å². The molecule has 110 valence electrons. The highest BCUT2D eigenvalue weighted by molar-refractivity contribution is 7.89. The lowest BCUT2D eigenvalue weighted by molar-refractivity contribution is 0.509. The molecule has 2 N–H and O–H groups in total. The highest BCUT2D eigenvalue weighted by atomic mass is 35.5. The van der Waals surface area contributed by atoms with Gasteiger partial charge in [0.25, 0.3) is 0 Å². The fraction of sp³-hybridized carbons (Fsp3) is 1.00. The molecule has 1 fully saturated rings. The molecule has 0 spiro atoms. The van der Waals surface area contributed by atoms with Gasteiger partial charge < -0.3 is 5.32 Å². The first-order chi connectivity index (χ1) is 8.03. The second kappa shape index (κ2) is 9.13. The van der Waals surface area contributed by atoms with Gasteiger partial charge in [0.1, 0.15) is 0 Å². The van der Waals surface area contributed by atoms with Crippen molar-refractivity contribution >= 4 is 22.4 Å². The van der Waals surface area contributed by atoms with Crippen LogP contribution in [0, 0.1) is 11.8 Å². The molecular weight excluding hydrogens is 272 g/mol. The van der Waals surface area contributed by atoms with Gasteiger partial charge >= 0.3 is 0 Å². The quantitative estimate of drug-likeness (QED) is 0.718. The van der Waals surface area contributed by atoms with E-state index in [1.807, 2.05) is 6.92 Å². The molecule has 1 heterocycles. The summed E-state index contributed by atoms with van der Waals surface area (Å²) in [5.41, 5.74) is 0. The summed E-state index contributed by atoms with van der Waals surface area (Å²) in [5.74, 6) is 1.17. The average molecular weight is 299 g/mol. The minimum Gasteiger partial charge on any atom is -0.316 e. The molecule has 0 aromatic rings. The molecule has 0 aromatic heterocycles. The molecule has 2 unspecified atom stereocenters. The van der Waals surface area contributed by atoms with E-state index in [1.54, 1.807) is 0 Å². The summed E-state index contributed by atoms with van der Waals surface area (Å²) in [6, 6.07) is 0. The lowest BCUT2D eigenvalue weighted by Gasteiger charge is -2.13. The van der Waals surface area contributed by atoms with Crippen molar-refractivity contribution in [1.29, 1.82) is 0 Å². The summed E-state index contributed by atoms with van der Waals surface area (Å²) < 4.78 is 26.2. The molecule has 0 saturated carbocycles. The third kappa shape index (κ3) is 7.56. The van der Waals surface area contributed by atoms with E-state index in [2.05, 4.69) is 17.0 Å². The van der Waals surface area contributed by atoms with Crippen LogP contribution in [-0.2, 0) is 10.0 Å². The Morgan fingerprint density at radius 1 is 1.44 bits per heavy atom. The van der Waals surface area contributed by atoms with Gasteiger partial charge in [-0.1, -0.05) is 20.3 Å². The summed E-state index contributed by atoms with van der Waals surface area (Å²) in [6.45, 7) is 6.79. The van der Waals surface area contributed by atoms with Crippen LogP contribution in [0.5, 0.6) is 0 Å². The Balaban J connectivity index is 0.00000289. The zero-order valence-electron chi connectivity index (χ0n) is 11.4. The van der Waals surface area contributed by atoms with Gasteiger partial charge in [-0.25, -0.2) is 13.1 Å². The first kappa shape index (κ1) is 18.2. The van der Waals surface area contributed by atoms with E-state index in [-0.39, 0.29) is 24.1 Å². The van der Waals surface area contributed by atoms with Crippen molar-refractivity contribution in [1.82, 2.24) is 10.0 Å². The molecule has 0 bridgehead atoms. The molecular formula is C12H27ClN2O2S. The molecule has 1 aliphatic heterocycles. The summed E-state index contributed by atoms with van der Waals surface area (Å²) in [7, 11) is -3.07. The topological polar surface area (TPSA) is 58.2 Å². The second-order valence-electron chi connectivity index (χ2n) is 5.22. The Labute approximate surface area is 118 Å². The maximum atomic E-state index is 11.8. The summed E-state index contributed by atoms with van der Waals surface area (Å²) in [5, 5.41) is 3.29.